The summed E-state index contributed by atoms with van der Waals surface area (Å²) in [6.45, 7) is 2.37. The Morgan fingerprint density at radius 3 is 2.78 bits per heavy atom. The van der Waals surface area contributed by atoms with Crippen LogP contribution in [-0.2, 0) is 6.42 Å². The number of aliphatic hydroxyl groups excluding tert-OH is 1. The summed E-state index contributed by atoms with van der Waals surface area (Å²) in [7, 11) is 0. The average Bonchev–Trinajstić information content (AvgIpc) is 2.83. The van der Waals surface area contributed by atoms with E-state index in [-0.39, 0.29) is 5.41 Å². The normalized spacial score (nSPS) is 19.2. The molecular weight excluding hydrogens is 242 g/mol. The van der Waals surface area contributed by atoms with E-state index in [9.17, 15) is 5.11 Å². The quantitative estimate of drug-likeness (QED) is 0.890. The van der Waals surface area contributed by atoms with Gasteiger partial charge in [-0.1, -0.05) is 18.2 Å². The van der Waals surface area contributed by atoms with Crippen LogP contribution in [0.15, 0.2) is 29.6 Å². The molecule has 0 unspecified atom stereocenters. The number of nitrogens with one attached hydrogen (secondary N) is 1. The summed E-state index contributed by atoms with van der Waals surface area (Å²) >= 11 is 1.81. The van der Waals surface area contributed by atoms with Crippen LogP contribution in [0.4, 0.5) is 0 Å². The summed E-state index contributed by atoms with van der Waals surface area (Å²) in [4.78, 5) is 0. The van der Waals surface area contributed by atoms with Crippen LogP contribution in [0.1, 0.15) is 18.4 Å². The number of hydrogen-bond donors (Lipinski definition) is 2. The highest BCUT2D eigenvalue weighted by Crippen LogP contribution is 2.36. The Morgan fingerprint density at radius 1 is 1.22 bits per heavy atom. The first-order valence-electron chi connectivity index (χ1n) is 6.60. The molecule has 1 aliphatic heterocycles. The Morgan fingerprint density at radius 2 is 2.00 bits per heavy atom. The van der Waals surface area contributed by atoms with Crippen molar-refractivity contribution >= 4 is 21.4 Å². The van der Waals surface area contributed by atoms with Crippen molar-refractivity contribution in [3.05, 3.63) is 35.2 Å². The largest absolute Gasteiger partial charge is 0.396 e. The Kier molecular flexibility index (Phi) is 3.37. The van der Waals surface area contributed by atoms with Crippen LogP contribution < -0.4 is 5.32 Å². The van der Waals surface area contributed by atoms with Crippen LogP contribution in [0.3, 0.4) is 0 Å². The first-order chi connectivity index (χ1) is 8.83. The lowest BCUT2D eigenvalue weighted by Crippen LogP contribution is -2.40. The van der Waals surface area contributed by atoms with E-state index in [2.05, 4.69) is 35.0 Å². The second-order valence-corrected chi connectivity index (χ2v) is 6.25. The number of benzene rings is 1. The van der Waals surface area contributed by atoms with Crippen molar-refractivity contribution in [1.82, 2.24) is 5.32 Å². The SMILES string of the molecule is OCC1(Cc2csc3ccccc23)CCNCC1. The lowest BCUT2D eigenvalue weighted by Gasteiger charge is -2.36. The van der Waals surface area contributed by atoms with Crippen LogP contribution in [-0.4, -0.2) is 24.8 Å². The molecule has 3 heteroatoms. The van der Waals surface area contributed by atoms with Gasteiger partial charge in [-0.3, -0.25) is 0 Å². The van der Waals surface area contributed by atoms with E-state index in [1.807, 2.05) is 11.3 Å². The fourth-order valence-corrected chi connectivity index (χ4v) is 3.88. The van der Waals surface area contributed by atoms with Crippen LogP contribution in [0, 0.1) is 5.41 Å². The maximum absolute atomic E-state index is 9.79. The van der Waals surface area contributed by atoms with Crippen molar-refractivity contribution in [3.63, 3.8) is 0 Å². The first-order valence-corrected chi connectivity index (χ1v) is 7.48. The predicted octanol–water partition coefficient (Wildman–Crippen LogP) is 2.81. The fraction of sp³-hybridized carbons (Fsp3) is 0.467. The zero-order valence-corrected chi connectivity index (χ0v) is 11.3. The molecule has 3 rings (SSSR count). The molecule has 2 heterocycles. The summed E-state index contributed by atoms with van der Waals surface area (Å²) in [5, 5.41) is 16.8. The minimum absolute atomic E-state index is 0.0924. The van der Waals surface area contributed by atoms with E-state index in [0.29, 0.717) is 6.61 Å². The van der Waals surface area contributed by atoms with Crippen molar-refractivity contribution in [2.45, 2.75) is 19.3 Å². The van der Waals surface area contributed by atoms with Gasteiger partial charge in [0.25, 0.3) is 0 Å². The molecule has 0 atom stereocenters. The maximum atomic E-state index is 9.79. The topological polar surface area (TPSA) is 32.3 Å². The van der Waals surface area contributed by atoms with Gasteiger partial charge in [0.1, 0.15) is 0 Å². The number of rotatable bonds is 3. The molecule has 1 aromatic heterocycles. The van der Waals surface area contributed by atoms with Gasteiger partial charge in [0.2, 0.25) is 0 Å². The molecule has 1 fully saturated rings. The van der Waals surface area contributed by atoms with Gasteiger partial charge in [-0.25, -0.2) is 0 Å². The van der Waals surface area contributed by atoms with E-state index in [1.165, 1.54) is 15.6 Å². The summed E-state index contributed by atoms with van der Waals surface area (Å²) in [6.07, 6.45) is 3.16. The monoisotopic (exact) mass is 261 g/mol. The fourth-order valence-electron chi connectivity index (χ4n) is 2.92. The molecule has 96 valence electrons. The number of aliphatic hydroxyl groups is 1. The third kappa shape index (κ3) is 2.18. The molecule has 0 radical (unpaired) electrons. The predicted molar refractivity (Wildman–Crippen MR) is 77.2 cm³/mol. The minimum atomic E-state index is 0.0924. The molecule has 2 N–H and O–H groups in total. The van der Waals surface area contributed by atoms with E-state index in [0.717, 1.165) is 32.4 Å². The van der Waals surface area contributed by atoms with Crippen LogP contribution in [0.2, 0.25) is 0 Å². The van der Waals surface area contributed by atoms with Crippen molar-refractivity contribution in [1.29, 1.82) is 0 Å². The van der Waals surface area contributed by atoms with E-state index in [1.54, 1.807) is 0 Å². The van der Waals surface area contributed by atoms with Crippen LogP contribution >= 0.6 is 11.3 Å². The van der Waals surface area contributed by atoms with Crippen molar-refractivity contribution in [2.24, 2.45) is 5.41 Å². The molecule has 1 aliphatic rings. The van der Waals surface area contributed by atoms with Gasteiger partial charge in [0, 0.05) is 11.3 Å². The Bertz CT molecular complexity index is 528. The molecule has 18 heavy (non-hydrogen) atoms. The number of thiophene rings is 1. The summed E-state index contributed by atoms with van der Waals surface area (Å²) in [5.74, 6) is 0. The second-order valence-electron chi connectivity index (χ2n) is 5.34. The maximum Gasteiger partial charge on any atom is 0.0491 e. The number of hydrogen-bond acceptors (Lipinski definition) is 3. The van der Waals surface area contributed by atoms with Crippen molar-refractivity contribution < 1.29 is 5.11 Å². The van der Waals surface area contributed by atoms with Gasteiger partial charge in [-0.2, -0.15) is 0 Å². The highest BCUT2D eigenvalue weighted by molar-refractivity contribution is 7.17. The average molecular weight is 261 g/mol. The molecule has 2 aromatic rings. The number of piperidine rings is 1. The summed E-state index contributed by atoms with van der Waals surface area (Å²) < 4.78 is 1.36. The molecule has 1 aromatic carbocycles. The summed E-state index contributed by atoms with van der Waals surface area (Å²) in [5.41, 5.74) is 1.50. The van der Waals surface area contributed by atoms with E-state index in [4.69, 9.17) is 0 Å². The lowest BCUT2D eigenvalue weighted by atomic mass is 9.75. The third-order valence-electron chi connectivity index (χ3n) is 4.13. The minimum Gasteiger partial charge on any atom is -0.396 e. The van der Waals surface area contributed by atoms with E-state index < -0.39 is 0 Å². The highest BCUT2D eigenvalue weighted by atomic mass is 32.1. The van der Waals surface area contributed by atoms with Crippen molar-refractivity contribution in [2.75, 3.05) is 19.7 Å². The molecule has 2 nitrogen and oxygen atoms in total. The van der Waals surface area contributed by atoms with Gasteiger partial charge in [0.15, 0.2) is 0 Å². The Balaban J connectivity index is 1.90. The zero-order valence-electron chi connectivity index (χ0n) is 10.5. The smallest absolute Gasteiger partial charge is 0.0491 e. The van der Waals surface area contributed by atoms with Crippen LogP contribution in [0.5, 0.6) is 0 Å². The number of fused-ring (bicyclic) bond motifs is 1. The van der Waals surface area contributed by atoms with Crippen molar-refractivity contribution in [3.8, 4) is 0 Å². The Hall–Kier alpha value is -0.900. The van der Waals surface area contributed by atoms with Gasteiger partial charge < -0.3 is 10.4 Å². The van der Waals surface area contributed by atoms with Gasteiger partial charge >= 0.3 is 0 Å². The molecule has 0 bridgehead atoms. The molecular formula is C15H19NOS. The lowest BCUT2D eigenvalue weighted by molar-refractivity contribution is 0.0897. The van der Waals surface area contributed by atoms with Gasteiger partial charge in [-0.15, -0.1) is 11.3 Å². The van der Waals surface area contributed by atoms with Gasteiger partial charge in [0.05, 0.1) is 0 Å². The molecule has 0 spiro atoms. The summed E-state index contributed by atoms with van der Waals surface area (Å²) in [6, 6.07) is 8.58. The molecule has 0 saturated carbocycles. The van der Waals surface area contributed by atoms with E-state index >= 15 is 0 Å². The standard InChI is InChI=1S/C15H19NOS/c17-11-15(5-7-16-8-6-15)9-12-10-18-14-4-2-1-3-13(12)14/h1-4,10,16-17H,5-9,11H2. The zero-order chi connectivity index (χ0) is 12.4. The molecule has 0 amide bonds. The first kappa shape index (κ1) is 12.2. The van der Waals surface area contributed by atoms with Gasteiger partial charge in [-0.05, 0) is 60.2 Å². The molecule has 1 saturated heterocycles. The second kappa shape index (κ2) is 5.00. The molecule has 0 aliphatic carbocycles. The third-order valence-corrected chi connectivity index (χ3v) is 5.14. The Labute approximate surface area is 112 Å². The van der Waals surface area contributed by atoms with Crippen LogP contribution in [0.25, 0.3) is 10.1 Å². The highest BCUT2D eigenvalue weighted by Gasteiger charge is 2.32.